The van der Waals surface area contributed by atoms with E-state index in [0.717, 1.165) is 5.56 Å². The first kappa shape index (κ1) is 7.29. The summed E-state index contributed by atoms with van der Waals surface area (Å²) in [5.74, 6) is 0. The van der Waals surface area contributed by atoms with Crippen molar-refractivity contribution in [2.24, 2.45) is 0 Å². The van der Waals surface area contributed by atoms with E-state index in [2.05, 4.69) is 6.07 Å². The smallest absolute Gasteiger partial charge is 0.0840 e. The van der Waals surface area contributed by atoms with Crippen molar-refractivity contribution in [3.63, 3.8) is 0 Å². The number of hydrogen-bond acceptors (Lipinski definition) is 1. The zero-order chi connectivity index (χ0) is 7.61. The molecule has 10 heavy (non-hydrogen) atoms. The molecule has 0 aliphatic carbocycles. The van der Waals surface area contributed by atoms with Crippen LogP contribution in [0.15, 0.2) is 24.3 Å². The summed E-state index contributed by atoms with van der Waals surface area (Å²) in [7, 11) is 0. The van der Waals surface area contributed by atoms with E-state index >= 15 is 0 Å². The van der Waals surface area contributed by atoms with Gasteiger partial charge >= 0.3 is 0 Å². The second kappa shape index (κ2) is 2.43. The lowest BCUT2D eigenvalue weighted by atomic mass is 9.99. The summed E-state index contributed by atoms with van der Waals surface area (Å²) in [5.41, 5.74) is 0.160. The minimum absolute atomic E-state index is 0.738. The Morgan fingerprint density at radius 1 is 1.50 bits per heavy atom. The summed E-state index contributed by atoms with van der Waals surface area (Å²) >= 11 is 0. The standard InChI is InChI=1S/C9H11O/c1-9(2,10)8-6-4-3-5-7-8/h3-4,6-7,10H,1-2H3. The largest absolute Gasteiger partial charge is 0.386 e. The maximum Gasteiger partial charge on any atom is 0.0840 e. The molecule has 0 aromatic heterocycles. The Morgan fingerprint density at radius 3 is 2.50 bits per heavy atom. The topological polar surface area (TPSA) is 20.2 Å². The van der Waals surface area contributed by atoms with E-state index in [1.54, 1.807) is 19.9 Å². The molecule has 1 N–H and O–H groups in total. The fraction of sp³-hybridized carbons (Fsp3) is 0.333. The lowest BCUT2D eigenvalue weighted by molar-refractivity contribution is 0.0786. The molecule has 0 amide bonds. The highest BCUT2D eigenvalue weighted by Crippen LogP contribution is 2.17. The van der Waals surface area contributed by atoms with E-state index in [0.29, 0.717) is 0 Å². The Hall–Kier alpha value is -0.820. The molecule has 0 unspecified atom stereocenters. The van der Waals surface area contributed by atoms with Crippen molar-refractivity contribution in [2.75, 3.05) is 0 Å². The van der Waals surface area contributed by atoms with Gasteiger partial charge in [0.2, 0.25) is 0 Å². The van der Waals surface area contributed by atoms with E-state index in [-0.39, 0.29) is 0 Å². The zero-order valence-corrected chi connectivity index (χ0v) is 6.26. The molecule has 0 aliphatic rings. The highest BCUT2D eigenvalue weighted by atomic mass is 16.3. The van der Waals surface area contributed by atoms with Crippen LogP contribution in [0.2, 0.25) is 0 Å². The summed E-state index contributed by atoms with van der Waals surface area (Å²) in [5, 5.41) is 9.47. The molecule has 1 nitrogen and oxygen atoms in total. The van der Waals surface area contributed by atoms with Gasteiger partial charge in [-0.25, -0.2) is 0 Å². The second-order valence-electron chi connectivity index (χ2n) is 2.85. The third kappa shape index (κ3) is 1.58. The summed E-state index contributed by atoms with van der Waals surface area (Å²) in [6.45, 7) is 3.52. The van der Waals surface area contributed by atoms with Crippen molar-refractivity contribution in [1.82, 2.24) is 0 Å². The molecule has 1 aromatic carbocycles. The molecule has 53 valence electrons. The Labute approximate surface area is 61.3 Å². The molecule has 1 radical (unpaired) electrons. The van der Waals surface area contributed by atoms with Crippen molar-refractivity contribution < 1.29 is 5.11 Å². The van der Waals surface area contributed by atoms with Crippen molar-refractivity contribution >= 4 is 0 Å². The first-order valence-corrected chi connectivity index (χ1v) is 3.29. The third-order valence-corrected chi connectivity index (χ3v) is 1.41. The van der Waals surface area contributed by atoms with Gasteiger partial charge in [0.05, 0.1) is 5.60 Å². The van der Waals surface area contributed by atoms with Crippen LogP contribution in [0, 0.1) is 6.07 Å². The van der Waals surface area contributed by atoms with Gasteiger partial charge in [0.15, 0.2) is 0 Å². The van der Waals surface area contributed by atoms with Gasteiger partial charge in [0, 0.05) is 0 Å². The third-order valence-electron chi connectivity index (χ3n) is 1.41. The minimum atomic E-state index is -0.738. The molecule has 0 spiro atoms. The Bertz CT molecular complexity index is 196. The van der Waals surface area contributed by atoms with Gasteiger partial charge in [0.25, 0.3) is 0 Å². The summed E-state index contributed by atoms with van der Waals surface area (Å²) in [6, 6.07) is 10.3. The Morgan fingerprint density at radius 2 is 2.20 bits per heavy atom. The van der Waals surface area contributed by atoms with E-state index in [4.69, 9.17) is 0 Å². The number of benzene rings is 1. The quantitative estimate of drug-likeness (QED) is 0.621. The van der Waals surface area contributed by atoms with Crippen LogP contribution >= 0.6 is 0 Å². The van der Waals surface area contributed by atoms with Crippen LogP contribution < -0.4 is 0 Å². The van der Waals surface area contributed by atoms with Crippen LogP contribution in [-0.2, 0) is 5.60 Å². The first-order valence-electron chi connectivity index (χ1n) is 3.29. The van der Waals surface area contributed by atoms with Gasteiger partial charge in [-0.3, -0.25) is 0 Å². The number of rotatable bonds is 1. The van der Waals surface area contributed by atoms with Gasteiger partial charge in [0.1, 0.15) is 0 Å². The highest BCUT2D eigenvalue weighted by Gasteiger charge is 2.13. The minimum Gasteiger partial charge on any atom is -0.386 e. The van der Waals surface area contributed by atoms with Gasteiger partial charge in [-0.05, 0) is 31.5 Å². The zero-order valence-electron chi connectivity index (χ0n) is 6.26. The molecule has 0 atom stereocenters. The SMILES string of the molecule is CC(C)(O)c1c[c]ccc1. The molecule has 0 fully saturated rings. The van der Waals surface area contributed by atoms with Crippen LogP contribution in [0.4, 0.5) is 0 Å². The Kier molecular flexibility index (Phi) is 1.77. The van der Waals surface area contributed by atoms with Gasteiger partial charge < -0.3 is 5.11 Å². The molecular weight excluding hydrogens is 124 g/mol. The lowest BCUT2D eigenvalue weighted by Crippen LogP contribution is -2.14. The molecule has 0 heterocycles. The van der Waals surface area contributed by atoms with Crippen molar-refractivity contribution in [3.05, 3.63) is 35.9 Å². The monoisotopic (exact) mass is 135 g/mol. The predicted octanol–water partition coefficient (Wildman–Crippen LogP) is 1.71. The summed E-state index contributed by atoms with van der Waals surface area (Å²) < 4.78 is 0. The Balaban J connectivity index is 2.97. The van der Waals surface area contributed by atoms with Crippen molar-refractivity contribution in [2.45, 2.75) is 19.4 Å². The second-order valence-corrected chi connectivity index (χ2v) is 2.85. The van der Waals surface area contributed by atoms with Crippen LogP contribution in [0.25, 0.3) is 0 Å². The van der Waals surface area contributed by atoms with Gasteiger partial charge in [-0.15, -0.1) is 0 Å². The molecule has 1 aromatic rings. The van der Waals surface area contributed by atoms with Gasteiger partial charge in [-0.2, -0.15) is 0 Å². The summed E-state index contributed by atoms with van der Waals surface area (Å²) in [4.78, 5) is 0. The predicted molar refractivity (Wildman–Crippen MR) is 40.5 cm³/mol. The molecule has 1 rings (SSSR count). The molecule has 1 heteroatoms. The average Bonchev–Trinajstić information content (AvgIpc) is 1.88. The van der Waals surface area contributed by atoms with E-state index < -0.39 is 5.60 Å². The van der Waals surface area contributed by atoms with E-state index in [1.165, 1.54) is 0 Å². The maximum atomic E-state index is 9.47. The molecule has 0 saturated heterocycles. The van der Waals surface area contributed by atoms with Crippen LogP contribution in [0.5, 0.6) is 0 Å². The maximum absolute atomic E-state index is 9.47. The lowest BCUT2D eigenvalue weighted by Gasteiger charge is -2.16. The fourth-order valence-corrected chi connectivity index (χ4v) is 0.774. The number of hydrogen-bond donors (Lipinski definition) is 1. The number of aliphatic hydroxyl groups is 1. The molecule has 0 saturated carbocycles. The molecular formula is C9H11O. The molecule has 0 aliphatic heterocycles. The molecule has 0 bridgehead atoms. The first-order chi connectivity index (χ1) is 4.61. The van der Waals surface area contributed by atoms with Crippen LogP contribution in [-0.4, -0.2) is 5.11 Å². The van der Waals surface area contributed by atoms with Gasteiger partial charge in [-0.1, -0.05) is 18.2 Å². The van der Waals surface area contributed by atoms with E-state index in [9.17, 15) is 5.11 Å². The van der Waals surface area contributed by atoms with Crippen LogP contribution in [0.1, 0.15) is 19.4 Å². The van der Waals surface area contributed by atoms with Crippen LogP contribution in [0.3, 0.4) is 0 Å². The fourth-order valence-electron chi connectivity index (χ4n) is 0.774. The van der Waals surface area contributed by atoms with Crippen molar-refractivity contribution in [3.8, 4) is 0 Å². The normalized spacial score (nSPS) is 11.5. The van der Waals surface area contributed by atoms with Crippen molar-refractivity contribution in [1.29, 1.82) is 0 Å². The highest BCUT2D eigenvalue weighted by molar-refractivity contribution is 5.19. The summed E-state index contributed by atoms with van der Waals surface area (Å²) in [6.07, 6.45) is 0. The van der Waals surface area contributed by atoms with E-state index in [1.807, 2.05) is 18.2 Å². The average molecular weight is 135 g/mol.